The van der Waals surface area contributed by atoms with Gasteiger partial charge in [0.2, 0.25) is 5.91 Å². The van der Waals surface area contributed by atoms with Crippen LogP contribution in [0.15, 0.2) is 18.2 Å². The molecule has 8 heteroatoms. The number of benzene rings is 1. The second kappa shape index (κ2) is 13.8. The highest BCUT2D eigenvalue weighted by atomic mass is 19.3. The summed E-state index contributed by atoms with van der Waals surface area (Å²) in [6.45, 7) is 33.8. The Morgan fingerprint density at radius 2 is 1.57 bits per heavy atom. The lowest BCUT2D eigenvalue weighted by Crippen LogP contribution is -2.64. The SMILES string of the molecule is CCC(C)c1nnc(C(C)C)n1[C@H]1CC2C(C)C(C)(C)[C@](C)(C1C)N2C(C)C(C)[C@H](NC(=O)C1(C)CCC(F)(F)C(C)C1)c1cccc(C)c1C. The van der Waals surface area contributed by atoms with Crippen molar-refractivity contribution < 1.29 is 13.6 Å². The number of hydrogen-bond donors (Lipinski definition) is 1. The fourth-order valence-corrected chi connectivity index (χ4v) is 10.7. The summed E-state index contributed by atoms with van der Waals surface area (Å²) in [4.78, 5) is 17.2. The number of nitrogens with zero attached hydrogens (tertiary/aromatic N) is 4. The summed E-state index contributed by atoms with van der Waals surface area (Å²) in [5.74, 6) is -0.0692. The molecule has 3 aliphatic rings. The summed E-state index contributed by atoms with van der Waals surface area (Å²) in [5, 5.41) is 13.2. The molecule has 286 valence electrons. The second-order valence-corrected chi connectivity index (χ2v) is 18.7. The van der Waals surface area contributed by atoms with Crippen LogP contribution in [0.4, 0.5) is 8.78 Å². The van der Waals surface area contributed by atoms with Crippen molar-refractivity contribution in [2.24, 2.45) is 34.5 Å². The number of carbonyl (C=O) groups excluding carboxylic acids is 1. The van der Waals surface area contributed by atoms with Crippen LogP contribution in [0.2, 0.25) is 0 Å². The first-order chi connectivity index (χ1) is 23.6. The Morgan fingerprint density at radius 3 is 2.16 bits per heavy atom. The Balaban J connectivity index is 1.55. The van der Waals surface area contributed by atoms with E-state index in [0.717, 1.165) is 30.1 Å². The monoisotopic (exact) mass is 710 g/mol. The Labute approximate surface area is 308 Å². The fourth-order valence-electron chi connectivity index (χ4n) is 10.7. The highest BCUT2D eigenvalue weighted by Gasteiger charge is 2.67. The van der Waals surface area contributed by atoms with Crippen LogP contribution < -0.4 is 5.32 Å². The summed E-state index contributed by atoms with van der Waals surface area (Å²) in [6.07, 6.45) is 2.17. The number of alkyl halides is 2. The normalized spacial score (nSPS) is 34.3. The zero-order chi connectivity index (χ0) is 38.2. The number of hydrogen-bond acceptors (Lipinski definition) is 4. The van der Waals surface area contributed by atoms with E-state index in [1.807, 2.05) is 6.92 Å². The van der Waals surface area contributed by atoms with Crippen molar-refractivity contribution in [2.45, 2.75) is 183 Å². The first kappa shape index (κ1) is 39.8. The van der Waals surface area contributed by atoms with Gasteiger partial charge in [0, 0.05) is 53.3 Å². The second-order valence-electron chi connectivity index (χ2n) is 18.7. The van der Waals surface area contributed by atoms with Crippen molar-refractivity contribution in [3.8, 4) is 0 Å². The maximum atomic E-state index is 14.6. The molecule has 1 aliphatic carbocycles. The van der Waals surface area contributed by atoms with E-state index in [1.54, 1.807) is 6.92 Å². The van der Waals surface area contributed by atoms with E-state index in [1.165, 1.54) is 11.1 Å². The Kier molecular flexibility index (Phi) is 10.8. The first-order valence-electron chi connectivity index (χ1n) is 20.0. The fraction of sp³-hybridized carbons (Fsp3) is 0.791. The summed E-state index contributed by atoms with van der Waals surface area (Å²) < 4.78 is 31.8. The van der Waals surface area contributed by atoms with Gasteiger partial charge < -0.3 is 9.88 Å². The molecule has 8 unspecified atom stereocenters. The molecule has 2 aliphatic heterocycles. The summed E-state index contributed by atoms with van der Waals surface area (Å²) >= 11 is 0. The quantitative estimate of drug-likeness (QED) is 0.267. The molecule has 11 atom stereocenters. The van der Waals surface area contributed by atoms with Gasteiger partial charge in [0.15, 0.2) is 0 Å². The van der Waals surface area contributed by atoms with Crippen molar-refractivity contribution in [3.63, 3.8) is 0 Å². The van der Waals surface area contributed by atoms with Crippen LogP contribution >= 0.6 is 0 Å². The number of aromatic nitrogens is 3. The molecule has 1 amide bonds. The molecule has 2 saturated heterocycles. The molecule has 0 spiro atoms. The summed E-state index contributed by atoms with van der Waals surface area (Å²) in [7, 11) is 0. The van der Waals surface area contributed by atoms with Crippen molar-refractivity contribution in [1.82, 2.24) is 25.0 Å². The number of carbonyl (C=O) groups is 1. The van der Waals surface area contributed by atoms with Gasteiger partial charge >= 0.3 is 0 Å². The third kappa shape index (κ3) is 6.29. The van der Waals surface area contributed by atoms with Crippen LogP contribution in [0.1, 0.15) is 174 Å². The van der Waals surface area contributed by atoms with Gasteiger partial charge in [-0.3, -0.25) is 9.69 Å². The number of nitrogens with one attached hydrogen (secondary N) is 1. The van der Waals surface area contributed by atoms with E-state index in [9.17, 15) is 13.6 Å². The maximum Gasteiger partial charge on any atom is 0.250 e. The Bertz CT molecular complexity index is 1580. The third-order valence-corrected chi connectivity index (χ3v) is 15.5. The van der Waals surface area contributed by atoms with Crippen molar-refractivity contribution >= 4 is 5.91 Å². The largest absolute Gasteiger partial charge is 0.348 e. The molecule has 2 bridgehead atoms. The molecule has 3 heterocycles. The molecule has 1 aromatic heterocycles. The van der Waals surface area contributed by atoms with E-state index in [2.05, 4.69) is 123 Å². The van der Waals surface area contributed by atoms with Gasteiger partial charge in [0.05, 0.1) is 6.04 Å². The molecule has 1 N–H and O–H groups in total. The van der Waals surface area contributed by atoms with Crippen LogP contribution in [0.3, 0.4) is 0 Å². The number of amides is 1. The molecule has 2 aromatic rings. The van der Waals surface area contributed by atoms with Crippen molar-refractivity contribution in [1.29, 1.82) is 0 Å². The van der Waals surface area contributed by atoms with E-state index >= 15 is 0 Å². The Hall–Kier alpha value is -2.35. The molecule has 3 fully saturated rings. The zero-order valence-electron chi connectivity index (χ0n) is 34.5. The van der Waals surface area contributed by atoms with Gasteiger partial charge in [0.1, 0.15) is 11.6 Å². The summed E-state index contributed by atoms with van der Waals surface area (Å²) in [6, 6.07) is 6.83. The van der Waals surface area contributed by atoms with Crippen LogP contribution in [0.5, 0.6) is 0 Å². The van der Waals surface area contributed by atoms with Crippen LogP contribution in [0, 0.1) is 48.3 Å². The van der Waals surface area contributed by atoms with Crippen molar-refractivity contribution in [3.05, 3.63) is 46.5 Å². The van der Waals surface area contributed by atoms with Crippen molar-refractivity contribution in [2.75, 3.05) is 0 Å². The lowest BCUT2D eigenvalue weighted by atomic mass is 9.62. The highest BCUT2D eigenvalue weighted by molar-refractivity contribution is 5.83. The molecule has 51 heavy (non-hydrogen) atoms. The van der Waals surface area contributed by atoms with E-state index in [4.69, 9.17) is 10.2 Å². The first-order valence-corrected chi connectivity index (χ1v) is 20.0. The molecule has 5 rings (SSSR count). The van der Waals surface area contributed by atoms with Gasteiger partial charge in [0.25, 0.3) is 5.92 Å². The maximum absolute atomic E-state index is 14.6. The minimum absolute atomic E-state index is 0.0112. The molecular weight excluding hydrogens is 641 g/mol. The van der Waals surface area contributed by atoms with Gasteiger partial charge in [-0.25, -0.2) is 8.78 Å². The zero-order valence-corrected chi connectivity index (χ0v) is 34.5. The molecule has 1 saturated carbocycles. The minimum atomic E-state index is -2.73. The van der Waals surface area contributed by atoms with Crippen LogP contribution in [-0.4, -0.2) is 49.1 Å². The van der Waals surface area contributed by atoms with E-state index in [0.29, 0.717) is 23.8 Å². The van der Waals surface area contributed by atoms with E-state index < -0.39 is 17.3 Å². The number of fused-ring (bicyclic) bond motifs is 2. The van der Waals surface area contributed by atoms with Gasteiger partial charge in [-0.1, -0.05) is 94.4 Å². The molecule has 1 aromatic carbocycles. The average molecular weight is 710 g/mol. The Morgan fingerprint density at radius 1 is 0.941 bits per heavy atom. The van der Waals surface area contributed by atoms with Gasteiger partial charge in [-0.05, 0) is 93.2 Å². The topological polar surface area (TPSA) is 63.1 Å². The predicted octanol–water partition coefficient (Wildman–Crippen LogP) is 10.6. The van der Waals surface area contributed by atoms with Gasteiger partial charge in [-0.2, -0.15) is 0 Å². The molecule has 0 radical (unpaired) electrons. The van der Waals surface area contributed by atoms with E-state index in [-0.39, 0.29) is 66.1 Å². The van der Waals surface area contributed by atoms with Crippen LogP contribution in [0.25, 0.3) is 0 Å². The number of aryl methyl sites for hydroxylation is 1. The number of rotatable bonds is 10. The number of halogens is 2. The predicted molar refractivity (Wildman–Crippen MR) is 204 cm³/mol. The average Bonchev–Trinajstić information content (AvgIpc) is 3.56. The molecule has 6 nitrogen and oxygen atoms in total. The smallest absolute Gasteiger partial charge is 0.250 e. The highest BCUT2D eigenvalue weighted by Crippen LogP contribution is 2.64. The summed E-state index contributed by atoms with van der Waals surface area (Å²) in [5.41, 5.74) is 2.50. The lowest BCUT2D eigenvalue weighted by Gasteiger charge is -2.58. The number of piperidine rings is 1. The minimum Gasteiger partial charge on any atom is -0.348 e. The van der Waals surface area contributed by atoms with Gasteiger partial charge in [-0.15, -0.1) is 10.2 Å². The lowest BCUT2D eigenvalue weighted by molar-refractivity contribution is -0.147. The van der Waals surface area contributed by atoms with Crippen LogP contribution in [-0.2, 0) is 4.79 Å². The standard InChI is InChI=1S/C43H69F2N5O/c1-16-25(4)38-48-47-37(24(2)3)49(38)34-22-35-30(9)40(12,13)42(15,31(34)10)50(35)32(11)29(8)36(33-19-17-18-26(5)28(33)7)46-39(51)41(14)20-21-43(44,45)27(6)23-41/h17-19,24-25,27,29-32,34-36H,16,20-23H2,1-15H3,(H,46,51)/t25?,27?,29?,30?,31?,32?,34-,35?,36-,41?,42-/m0/s1. The third-order valence-electron chi connectivity index (χ3n) is 15.5. The molecular formula is C43H69F2N5O.